The van der Waals surface area contributed by atoms with E-state index in [-0.39, 0.29) is 36.1 Å². The number of aromatic hydroxyl groups is 1. The van der Waals surface area contributed by atoms with E-state index in [1.165, 1.54) is 6.07 Å². The molecule has 5 heteroatoms. The number of carbonyl (C=O) groups is 2. The van der Waals surface area contributed by atoms with Crippen LogP contribution < -0.4 is 5.32 Å². The molecule has 5 nitrogen and oxygen atoms in total. The molecule has 0 aliphatic carbocycles. The normalized spacial score (nSPS) is 12.2. The quantitative estimate of drug-likeness (QED) is 0.721. The van der Waals surface area contributed by atoms with Crippen LogP contribution in [0.3, 0.4) is 0 Å². The van der Waals surface area contributed by atoms with Gasteiger partial charge in [-0.2, -0.15) is 0 Å². The van der Waals surface area contributed by atoms with Gasteiger partial charge < -0.3 is 15.5 Å². The lowest BCUT2D eigenvalue weighted by atomic mass is 9.94. The zero-order valence-corrected chi connectivity index (χ0v) is 12.7. The van der Waals surface area contributed by atoms with Gasteiger partial charge in [-0.15, -0.1) is 0 Å². The Kier molecular flexibility index (Phi) is 6.21. The first-order valence-electron chi connectivity index (χ1n) is 7.09. The molecule has 1 atom stereocenters. The van der Waals surface area contributed by atoms with Crippen molar-refractivity contribution in [2.45, 2.75) is 33.6 Å². The summed E-state index contributed by atoms with van der Waals surface area (Å²) in [6.45, 7) is 6.16. The summed E-state index contributed by atoms with van der Waals surface area (Å²) in [6, 6.07) is 4.81. The van der Waals surface area contributed by atoms with Crippen LogP contribution in [0.2, 0.25) is 0 Å². The van der Waals surface area contributed by atoms with Crippen LogP contribution in [0.15, 0.2) is 18.2 Å². The topological polar surface area (TPSA) is 86.6 Å². The van der Waals surface area contributed by atoms with E-state index >= 15 is 0 Å². The molecule has 0 radical (unpaired) electrons. The van der Waals surface area contributed by atoms with Crippen molar-refractivity contribution in [3.8, 4) is 5.75 Å². The highest BCUT2D eigenvalue weighted by Crippen LogP contribution is 2.19. The van der Waals surface area contributed by atoms with Crippen LogP contribution in [-0.2, 0) is 4.79 Å². The van der Waals surface area contributed by atoms with E-state index in [4.69, 9.17) is 5.11 Å². The predicted octanol–water partition coefficient (Wildman–Crippen LogP) is 2.57. The Labute approximate surface area is 125 Å². The predicted molar refractivity (Wildman–Crippen MR) is 80.4 cm³/mol. The van der Waals surface area contributed by atoms with Crippen LogP contribution in [0.4, 0.5) is 0 Å². The average molecular weight is 293 g/mol. The molecule has 1 aromatic rings. The molecule has 0 bridgehead atoms. The molecule has 0 saturated carbocycles. The number of phenols is 1. The van der Waals surface area contributed by atoms with Crippen molar-refractivity contribution >= 4 is 11.9 Å². The zero-order valence-electron chi connectivity index (χ0n) is 12.7. The van der Waals surface area contributed by atoms with Gasteiger partial charge in [-0.1, -0.05) is 25.5 Å². The van der Waals surface area contributed by atoms with Crippen molar-refractivity contribution in [2.24, 2.45) is 11.8 Å². The number of amides is 1. The lowest BCUT2D eigenvalue weighted by Gasteiger charge is -2.18. The lowest BCUT2D eigenvalue weighted by molar-refractivity contribution is -0.138. The number of carboxylic acids is 1. The number of phenolic OH excluding ortho intramolecular Hbond substituents is 1. The third-order valence-corrected chi connectivity index (χ3v) is 3.22. The highest BCUT2D eigenvalue weighted by Gasteiger charge is 2.17. The van der Waals surface area contributed by atoms with E-state index in [1.807, 2.05) is 20.8 Å². The molecule has 0 spiro atoms. The number of aliphatic carboxylic acids is 1. The molecule has 0 saturated heterocycles. The first-order valence-corrected chi connectivity index (χ1v) is 7.09. The largest absolute Gasteiger partial charge is 0.507 e. The molecule has 3 N–H and O–H groups in total. The molecule has 116 valence electrons. The molecule has 0 aliphatic rings. The van der Waals surface area contributed by atoms with Crippen LogP contribution in [0, 0.1) is 18.8 Å². The Morgan fingerprint density at radius 3 is 2.52 bits per heavy atom. The third kappa shape index (κ3) is 5.85. The van der Waals surface area contributed by atoms with Crippen LogP contribution in [-0.4, -0.2) is 28.6 Å². The van der Waals surface area contributed by atoms with E-state index in [2.05, 4.69) is 5.32 Å². The second kappa shape index (κ2) is 7.67. The summed E-state index contributed by atoms with van der Waals surface area (Å²) < 4.78 is 0. The molecule has 1 rings (SSSR count). The first-order chi connectivity index (χ1) is 9.79. The van der Waals surface area contributed by atoms with E-state index < -0.39 is 5.97 Å². The molecule has 0 heterocycles. The fraction of sp³-hybridized carbons (Fsp3) is 0.500. The SMILES string of the molecule is Cc1ccc(O)c(C(=O)NCC(CC(=O)O)CC(C)C)c1. The number of aryl methyl sites for hydroxylation is 1. The molecule has 1 amide bonds. The maximum atomic E-state index is 12.1. The Morgan fingerprint density at radius 1 is 1.29 bits per heavy atom. The Morgan fingerprint density at radius 2 is 1.95 bits per heavy atom. The van der Waals surface area contributed by atoms with Crippen LogP contribution in [0.1, 0.15) is 42.6 Å². The van der Waals surface area contributed by atoms with Gasteiger partial charge in [-0.3, -0.25) is 9.59 Å². The van der Waals surface area contributed by atoms with Gasteiger partial charge in [-0.05, 0) is 37.3 Å². The van der Waals surface area contributed by atoms with E-state index in [1.54, 1.807) is 12.1 Å². The van der Waals surface area contributed by atoms with Crippen LogP contribution >= 0.6 is 0 Å². The summed E-state index contributed by atoms with van der Waals surface area (Å²) in [5.74, 6) is -1.07. The monoisotopic (exact) mass is 293 g/mol. The van der Waals surface area contributed by atoms with E-state index in [0.29, 0.717) is 5.92 Å². The van der Waals surface area contributed by atoms with Crippen LogP contribution in [0.5, 0.6) is 5.75 Å². The van der Waals surface area contributed by atoms with Gasteiger partial charge in [0.05, 0.1) is 5.56 Å². The third-order valence-electron chi connectivity index (χ3n) is 3.22. The number of benzene rings is 1. The zero-order chi connectivity index (χ0) is 16.0. The fourth-order valence-electron chi connectivity index (χ4n) is 2.32. The number of carboxylic acid groups (broad SMARTS) is 1. The second-order valence-corrected chi connectivity index (χ2v) is 5.82. The summed E-state index contributed by atoms with van der Waals surface area (Å²) in [4.78, 5) is 22.9. The van der Waals surface area contributed by atoms with Gasteiger partial charge in [0.1, 0.15) is 5.75 Å². The Bertz CT molecular complexity index is 511. The van der Waals surface area contributed by atoms with Gasteiger partial charge in [0, 0.05) is 13.0 Å². The summed E-state index contributed by atoms with van der Waals surface area (Å²) in [6.07, 6.45) is 0.755. The summed E-state index contributed by atoms with van der Waals surface area (Å²) >= 11 is 0. The van der Waals surface area contributed by atoms with Gasteiger partial charge in [0.25, 0.3) is 5.91 Å². The van der Waals surface area contributed by atoms with Gasteiger partial charge in [0.15, 0.2) is 0 Å². The van der Waals surface area contributed by atoms with Crippen molar-refractivity contribution in [3.05, 3.63) is 29.3 Å². The fourth-order valence-corrected chi connectivity index (χ4v) is 2.32. The van der Waals surface area contributed by atoms with Crippen molar-refractivity contribution in [1.82, 2.24) is 5.32 Å². The number of hydrogen-bond acceptors (Lipinski definition) is 3. The molecular formula is C16H23NO4. The Hall–Kier alpha value is -2.04. The molecule has 1 aromatic carbocycles. The first kappa shape index (κ1) is 17.0. The molecule has 0 aliphatic heterocycles. The molecular weight excluding hydrogens is 270 g/mol. The molecule has 1 unspecified atom stereocenters. The van der Waals surface area contributed by atoms with Crippen molar-refractivity contribution in [1.29, 1.82) is 0 Å². The van der Waals surface area contributed by atoms with Gasteiger partial charge in [-0.25, -0.2) is 0 Å². The lowest BCUT2D eigenvalue weighted by Crippen LogP contribution is -2.31. The smallest absolute Gasteiger partial charge is 0.303 e. The van der Waals surface area contributed by atoms with Crippen LogP contribution in [0.25, 0.3) is 0 Å². The van der Waals surface area contributed by atoms with Crippen molar-refractivity contribution in [3.63, 3.8) is 0 Å². The number of hydrogen-bond donors (Lipinski definition) is 3. The average Bonchev–Trinajstić information content (AvgIpc) is 2.37. The number of rotatable bonds is 7. The van der Waals surface area contributed by atoms with Crippen molar-refractivity contribution in [2.75, 3.05) is 6.54 Å². The Balaban J connectivity index is 2.68. The van der Waals surface area contributed by atoms with Gasteiger partial charge >= 0.3 is 5.97 Å². The minimum atomic E-state index is -0.867. The van der Waals surface area contributed by atoms with Crippen molar-refractivity contribution < 1.29 is 19.8 Å². The summed E-state index contributed by atoms with van der Waals surface area (Å²) in [5, 5.41) is 21.3. The highest BCUT2D eigenvalue weighted by molar-refractivity contribution is 5.97. The molecule has 0 aromatic heterocycles. The minimum Gasteiger partial charge on any atom is -0.507 e. The maximum absolute atomic E-state index is 12.1. The molecule has 0 fully saturated rings. The standard InChI is InChI=1S/C16H23NO4/c1-10(2)6-12(8-15(19)20)9-17-16(21)13-7-11(3)4-5-14(13)18/h4-5,7,10,12,18H,6,8-9H2,1-3H3,(H,17,21)(H,19,20). The van der Waals surface area contributed by atoms with E-state index in [9.17, 15) is 14.7 Å². The number of nitrogens with one attached hydrogen (secondary N) is 1. The van der Waals surface area contributed by atoms with E-state index in [0.717, 1.165) is 12.0 Å². The summed E-state index contributed by atoms with van der Waals surface area (Å²) in [5.41, 5.74) is 1.09. The second-order valence-electron chi connectivity index (χ2n) is 5.82. The number of carbonyl (C=O) groups excluding carboxylic acids is 1. The summed E-state index contributed by atoms with van der Waals surface area (Å²) in [7, 11) is 0. The highest BCUT2D eigenvalue weighted by atomic mass is 16.4. The maximum Gasteiger partial charge on any atom is 0.303 e. The van der Waals surface area contributed by atoms with Gasteiger partial charge in [0.2, 0.25) is 0 Å². The molecule has 21 heavy (non-hydrogen) atoms. The minimum absolute atomic E-state index is 0.0261.